The molecule has 0 saturated heterocycles. The summed E-state index contributed by atoms with van der Waals surface area (Å²) in [7, 11) is 0. The summed E-state index contributed by atoms with van der Waals surface area (Å²) in [6.45, 7) is 12.0. The Hall–Kier alpha value is -1.02. The Morgan fingerprint density at radius 3 is 2.61 bits per heavy atom. The molecular formula is C16H25NO. The van der Waals surface area contributed by atoms with Crippen LogP contribution in [-0.2, 0) is 0 Å². The summed E-state index contributed by atoms with van der Waals surface area (Å²) in [5, 5.41) is 3.61. The second kappa shape index (κ2) is 4.58. The fourth-order valence-electron chi connectivity index (χ4n) is 2.56. The van der Waals surface area contributed by atoms with E-state index < -0.39 is 0 Å². The second-order valence-corrected chi connectivity index (χ2v) is 6.93. The van der Waals surface area contributed by atoms with Crippen LogP contribution in [0, 0.1) is 0 Å². The lowest BCUT2D eigenvalue weighted by atomic mass is 9.84. The number of ether oxygens (including phenoxy) is 1. The molecule has 1 aromatic rings. The van der Waals surface area contributed by atoms with Gasteiger partial charge in [-0.15, -0.1) is 0 Å². The third-order valence-corrected chi connectivity index (χ3v) is 3.36. The molecule has 1 atom stereocenters. The van der Waals surface area contributed by atoms with Gasteiger partial charge < -0.3 is 10.1 Å². The number of benzene rings is 1. The molecule has 2 rings (SSSR count). The van der Waals surface area contributed by atoms with E-state index in [1.807, 2.05) is 0 Å². The van der Waals surface area contributed by atoms with Crippen LogP contribution >= 0.6 is 0 Å². The maximum atomic E-state index is 6.05. The topological polar surface area (TPSA) is 21.3 Å². The molecule has 1 aliphatic heterocycles. The minimum atomic E-state index is -0.0708. The number of rotatable bonds is 2. The van der Waals surface area contributed by atoms with Gasteiger partial charge in [0.15, 0.2) is 0 Å². The van der Waals surface area contributed by atoms with Gasteiger partial charge in [0.05, 0.1) is 0 Å². The van der Waals surface area contributed by atoms with Crippen molar-refractivity contribution in [2.24, 2.45) is 0 Å². The third-order valence-electron chi connectivity index (χ3n) is 3.36. The quantitative estimate of drug-likeness (QED) is 0.860. The zero-order chi connectivity index (χ0) is 13.4. The molecule has 0 amide bonds. The Bertz CT molecular complexity index is 417. The highest BCUT2D eigenvalue weighted by Gasteiger charge is 2.33. The predicted octanol–water partition coefficient (Wildman–Crippen LogP) is 3.72. The van der Waals surface area contributed by atoms with Gasteiger partial charge in [-0.2, -0.15) is 0 Å². The maximum Gasteiger partial charge on any atom is 0.123 e. The Morgan fingerprint density at radius 2 is 1.94 bits per heavy atom. The van der Waals surface area contributed by atoms with Gasteiger partial charge in [-0.1, -0.05) is 18.2 Å². The molecule has 0 saturated carbocycles. The van der Waals surface area contributed by atoms with Crippen LogP contribution in [0.4, 0.5) is 0 Å². The van der Waals surface area contributed by atoms with Crippen LogP contribution in [0.2, 0.25) is 0 Å². The summed E-state index contributed by atoms with van der Waals surface area (Å²) >= 11 is 0. The van der Waals surface area contributed by atoms with E-state index in [1.54, 1.807) is 0 Å². The number of para-hydroxylation sites is 1. The molecule has 1 N–H and O–H groups in total. The second-order valence-electron chi connectivity index (χ2n) is 6.93. The molecule has 0 fully saturated rings. The Kier molecular flexibility index (Phi) is 3.41. The first-order valence-electron chi connectivity index (χ1n) is 6.80. The average Bonchev–Trinajstić information content (AvgIpc) is 2.23. The van der Waals surface area contributed by atoms with E-state index in [1.165, 1.54) is 5.56 Å². The molecule has 0 bridgehead atoms. The van der Waals surface area contributed by atoms with E-state index in [9.17, 15) is 0 Å². The van der Waals surface area contributed by atoms with Gasteiger partial charge in [0, 0.05) is 18.0 Å². The van der Waals surface area contributed by atoms with Gasteiger partial charge in [-0.05, 0) is 52.7 Å². The minimum absolute atomic E-state index is 0.0708. The molecule has 1 unspecified atom stereocenters. The van der Waals surface area contributed by atoms with E-state index in [0.717, 1.165) is 18.7 Å². The van der Waals surface area contributed by atoms with Crippen LogP contribution in [0.15, 0.2) is 24.3 Å². The fourth-order valence-corrected chi connectivity index (χ4v) is 2.56. The van der Waals surface area contributed by atoms with E-state index in [-0.39, 0.29) is 11.1 Å². The van der Waals surface area contributed by atoms with E-state index in [2.05, 4.69) is 64.2 Å². The first kappa shape index (κ1) is 13.4. The van der Waals surface area contributed by atoms with Crippen molar-refractivity contribution in [3.63, 3.8) is 0 Å². The highest BCUT2D eigenvalue weighted by molar-refractivity contribution is 5.39. The number of fused-ring (bicyclic) bond motifs is 1. The number of hydrogen-bond acceptors (Lipinski definition) is 2. The van der Waals surface area contributed by atoms with Crippen LogP contribution in [-0.4, -0.2) is 17.7 Å². The molecule has 0 aliphatic carbocycles. The number of nitrogens with one attached hydrogen (secondary N) is 1. The normalized spacial score (nSPS) is 22.2. The molecule has 0 radical (unpaired) electrons. The summed E-state index contributed by atoms with van der Waals surface area (Å²) < 4.78 is 6.05. The van der Waals surface area contributed by atoms with Crippen LogP contribution in [0.3, 0.4) is 0 Å². The highest BCUT2D eigenvalue weighted by atomic mass is 16.5. The zero-order valence-corrected chi connectivity index (χ0v) is 12.2. The van der Waals surface area contributed by atoms with Crippen molar-refractivity contribution in [3.05, 3.63) is 29.8 Å². The molecule has 100 valence electrons. The lowest BCUT2D eigenvalue weighted by molar-refractivity contribution is 0.0706. The molecule has 1 heterocycles. The van der Waals surface area contributed by atoms with Gasteiger partial charge in [0.25, 0.3) is 0 Å². The summed E-state index contributed by atoms with van der Waals surface area (Å²) in [6, 6.07) is 8.43. The number of hydrogen-bond donors (Lipinski definition) is 1. The van der Waals surface area contributed by atoms with Crippen LogP contribution in [0.1, 0.15) is 52.5 Å². The van der Waals surface area contributed by atoms with E-state index >= 15 is 0 Å². The van der Waals surface area contributed by atoms with Crippen molar-refractivity contribution in [1.29, 1.82) is 0 Å². The molecule has 0 spiro atoms. The summed E-state index contributed by atoms with van der Waals surface area (Å²) in [6.07, 6.45) is 1.06. The van der Waals surface area contributed by atoms with Crippen LogP contribution in [0.25, 0.3) is 0 Å². The molecule has 18 heavy (non-hydrogen) atoms. The molecule has 1 aromatic carbocycles. The summed E-state index contributed by atoms with van der Waals surface area (Å²) in [4.78, 5) is 0. The standard InChI is InChI=1S/C16H25NO/c1-15(2,3)17-11-12-10-16(4,5)18-14-9-7-6-8-13(12)14/h6-9,12,17H,10-11H2,1-5H3. The largest absolute Gasteiger partial charge is 0.488 e. The van der Waals surface area contributed by atoms with Crippen molar-refractivity contribution in [2.75, 3.05) is 6.54 Å². The Balaban J connectivity index is 2.19. The monoisotopic (exact) mass is 247 g/mol. The van der Waals surface area contributed by atoms with Gasteiger partial charge in [0.2, 0.25) is 0 Å². The zero-order valence-electron chi connectivity index (χ0n) is 12.2. The minimum Gasteiger partial charge on any atom is -0.488 e. The fraction of sp³-hybridized carbons (Fsp3) is 0.625. The van der Waals surface area contributed by atoms with Gasteiger partial charge in [-0.3, -0.25) is 0 Å². The van der Waals surface area contributed by atoms with Crippen molar-refractivity contribution >= 4 is 0 Å². The van der Waals surface area contributed by atoms with Crippen molar-refractivity contribution in [3.8, 4) is 5.75 Å². The van der Waals surface area contributed by atoms with E-state index in [4.69, 9.17) is 4.74 Å². The van der Waals surface area contributed by atoms with E-state index in [0.29, 0.717) is 5.92 Å². The van der Waals surface area contributed by atoms with Crippen molar-refractivity contribution in [1.82, 2.24) is 5.32 Å². The SMILES string of the molecule is CC(C)(C)NCC1CC(C)(C)Oc2ccccc21. The van der Waals surface area contributed by atoms with Crippen molar-refractivity contribution in [2.45, 2.75) is 58.1 Å². The average molecular weight is 247 g/mol. The predicted molar refractivity (Wildman–Crippen MR) is 76.3 cm³/mol. The molecular weight excluding hydrogens is 222 g/mol. The van der Waals surface area contributed by atoms with Gasteiger partial charge >= 0.3 is 0 Å². The Labute approximate surface area is 111 Å². The van der Waals surface area contributed by atoms with Crippen LogP contribution < -0.4 is 10.1 Å². The van der Waals surface area contributed by atoms with Gasteiger partial charge in [-0.25, -0.2) is 0 Å². The first-order chi connectivity index (χ1) is 8.27. The molecule has 0 aromatic heterocycles. The van der Waals surface area contributed by atoms with Crippen LogP contribution in [0.5, 0.6) is 5.75 Å². The van der Waals surface area contributed by atoms with Gasteiger partial charge in [0.1, 0.15) is 11.4 Å². The summed E-state index contributed by atoms with van der Waals surface area (Å²) in [5.41, 5.74) is 1.43. The van der Waals surface area contributed by atoms with Crippen molar-refractivity contribution < 1.29 is 4.74 Å². The first-order valence-corrected chi connectivity index (χ1v) is 6.80. The molecule has 2 nitrogen and oxygen atoms in total. The maximum absolute atomic E-state index is 6.05. The summed E-state index contributed by atoms with van der Waals surface area (Å²) in [5.74, 6) is 1.58. The Morgan fingerprint density at radius 1 is 1.28 bits per heavy atom. The lowest BCUT2D eigenvalue weighted by Gasteiger charge is -2.38. The highest BCUT2D eigenvalue weighted by Crippen LogP contribution is 2.40. The lowest BCUT2D eigenvalue weighted by Crippen LogP contribution is -2.42. The molecule has 1 aliphatic rings. The third kappa shape index (κ3) is 3.26. The molecule has 2 heteroatoms. The smallest absolute Gasteiger partial charge is 0.123 e.